The molecule has 1 N–H and O–H groups in total. The van der Waals surface area contributed by atoms with E-state index >= 15 is 0 Å². The molecule has 1 saturated carbocycles. The minimum absolute atomic E-state index is 0.0439. The Balaban J connectivity index is 2.21. The summed E-state index contributed by atoms with van der Waals surface area (Å²) in [7, 11) is 0. The molecule has 0 atom stereocenters. The van der Waals surface area contributed by atoms with E-state index in [0.717, 1.165) is 18.5 Å². The SMILES string of the molecule is O=C(O)c1cc(C2CCC2)n2ncnc2n1. The second-order valence-electron chi connectivity index (χ2n) is 3.97. The van der Waals surface area contributed by atoms with Crippen LogP contribution in [-0.2, 0) is 0 Å². The van der Waals surface area contributed by atoms with Crippen molar-refractivity contribution in [3.05, 3.63) is 23.8 Å². The lowest BCUT2D eigenvalue weighted by Gasteiger charge is -2.25. The zero-order valence-corrected chi connectivity index (χ0v) is 8.50. The van der Waals surface area contributed by atoms with Crippen molar-refractivity contribution in [1.29, 1.82) is 0 Å². The fourth-order valence-electron chi connectivity index (χ4n) is 1.94. The minimum atomic E-state index is -1.02. The quantitative estimate of drug-likeness (QED) is 0.816. The lowest BCUT2D eigenvalue weighted by Crippen LogP contribution is -2.16. The maximum Gasteiger partial charge on any atom is 0.354 e. The van der Waals surface area contributed by atoms with E-state index in [2.05, 4.69) is 15.1 Å². The van der Waals surface area contributed by atoms with Gasteiger partial charge in [0.25, 0.3) is 5.78 Å². The van der Waals surface area contributed by atoms with Crippen molar-refractivity contribution in [3.8, 4) is 0 Å². The summed E-state index contributed by atoms with van der Waals surface area (Å²) in [6.07, 6.45) is 4.75. The molecule has 0 radical (unpaired) electrons. The Morgan fingerprint density at radius 2 is 2.31 bits per heavy atom. The first-order valence-corrected chi connectivity index (χ1v) is 5.19. The summed E-state index contributed by atoms with van der Waals surface area (Å²) < 4.78 is 1.64. The summed E-state index contributed by atoms with van der Waals surface area (Å²) in [5, 5.41) is 13.0. The zero-order valence-electron chi connectivity index (χ0n) is 8.50. The summed E-state index contributed by atoms with van der Waals surface area (Å²) in [5.41, 5.74) is 0.952. The Morgan fingerprint density at radius 3 is 2.94 bits per heavy atom. The van der Waals surface area contributed by atoms with Gasteiger partial charge < -0.3 is 5.11 Å². The van der Waals surface area contributed by atoms with Crippen LogP contribution in [0.2, 0.25) is 0 Å². The molecule has 1 aliphatic rings. The van der Waals surface area contributed by atoms with Crippen molar-refractivity contribution in [1.82, 2.24) is 19.6 Å². The molecule has 3 rings (SSSR count). The Hall–Kier alpha value is -1.98. The van der Waals surface area contributed by atoms with Gasteiger partial charge in [-0.2, -0.15) is 10.1 Å². The topological polar surface area (TPSA) is 80.4 Å². The molecular formula is C10H10N4O2. The molecule has 0 aliphatic heterocycles. The van der Waals surface area contributed by atoms with Crippen LogP contribution in [0.3, 0.4) is 0 Å². The highest BCUT2D eigenvalue weighted by Crippen LogP contribution is 2.36. The van der Waals surface area contributed by atoms with Gasteiger partial charge in [0.2, 0.25) is 0 Å². The zero-order chi connectivity index (χ0) is 11.1. The van der Waals surface area contributed by atoms with E-state index in [-0.39, 0.29) is 5.69 Å². The highest BCUT2D eigenvalue weighted by Gasteiger charge is 2.24. The van der Waals surface area contributed by atoms with Crippen LogP contribution in [0.25, 0.3) is 5.78 Å². The van der Waals surface area contributed by atoms with Gasteiger partial charge in [0.15, 0.2) is 5.69 Å². The molecule has 0 spiro atoms. The van der Waals surface area contributed by atoms with Gasteiger partial charge in [-0.25, -0.2) is 14.3 Å². The third-order valence-corrected chi connectivity index (χ3v) is 3.02. The maximum atomic E-state index is 10.9. The van der Waals surface area contributed by atoms with E-state index in [1.165, 1.54) is 12.7 Å². The maximum absolute atomic E-state index is 10.9. The lowest BCUT2D eigenvalue weighted by molar-refractivity contribution is 0.0690. The summed E-state index contributed by atoms with van der Waals surface area (Å²) >= 11 is 0. The number of rotatable bonds is 2. The predicted octanol–water partition coefficient (Wildman–Crippen LogP) is 1.09. The Morgan fingerprint density at radius 1 is 1.50 bits per heavy atom. The van der Waals surface area contributed by atoms with Crippen LogP contribution in [-0.4, -0.2) is 30.7 Å². The minimum Gasteiger partial charge on any atom is -0.477 e. The number of aromatic carboxylic acids is 1. The molecule has 16 heavy (non-hydrogen) atoms. The second kappa shape index (κ2) is 3.26. The normalized spacial score (nSPS) is 16.2. The van der Waals surface area contributed by atoms with Crippen LogP contribution in [0.15, 0.2) is 12.4 Å². The summed E-state index contributed by atoms with van der Waals surface area (Å²) in [5.74, 6) is -0.266. The molecule has 2 aromatic rings. The smallest absolute Gasteiger partial charge is 0.354 e. The number of carboxylic acid groups (broad SMARTS) is 1. The van der Waals surface area contributed by atoms with Gasteiger partial charge in [-0.15, -0.1) is 0 Å². The molecular weight excluding hydrogens is 208 g/mol. The number of nitrogens with zero attached hydrogens (tertiary/aromatic N) is 4. The van der Waals surface area contributed by atoms with E-state index in [4.69, 9.17) is 5.11 Å². The van der Waals surface area contributed by atoms with Crippen LogP contribution >= 0.6 is 0 Å². The third kappa shape index (κ3) is 1.26. The highest BCUT2D eigenvalue weighted by molar-refractivity contribution is 5.85. The molecule has 6 heteroatoms. The molecule has 1 fully saturated rings. The molecule has 82 valence electrons. The number of carboxylic acids is 1. The van der Waals surface area contributed by atoms with Gasteiger partial charge in [-0.3, -0.25) is 0 Å². The van der Waals surface area contributed by atoms with Gasteiger partial charge in [0.1, 0.15) is 6.33 Å². The van der Waals surface area contributed by atoms with Crippen molar-refractivity contribution >= 4 is 11.7 Å². The molecule has 2 aromatic heterocycles. The Labute approximate surface area is 91.0 Å². The monoisotopic (exact) mass is 218 g/mol. The first-order chi connectivity index (χ1) is 7.75. The average molecular weight is 218 g/mol. The third-order valence-electron chi connectivity index (χ3n) is 3.02. The Bertz CT molecular complexity index is 559. The van der Waals surface area contributed by atoms with Crippen molar-refractivity contribution in [2.45, 2.75) is 25.2 Å². The largest absolute Gasteiger partial charge is 0.477 e. The second-order valence-corrected chi connectivity index (χ2v) is 3.97. The van der Waals surface area contributed by atoms with Gasteiger partial charge >= 0.3 is 5.97 Å². The molecule has 0 aromatic carbocycles. The standard InChI is InChI=1S/C10H10N4O2/c15-9(16)7-4-8(6-2-1-3-6)14-10(13-7)11-5-12-14/h4-6H,1-3H2,(H,15,16). The number of hydrogen-bond acceptors (Lipinski definition) is 4. The van der Waals surface area contributed by atoms with Crippen LogP contribution in [0.1, 0.15) is 41.4 Å². The van der Waals surface area contributed by atoms with Crippen LogP contribution in [0.4, 0.5) is 0 Å². The molecule has 0 bridgehead atoms. The fraction of sp³-hybridized carbons (Fsp3) is 0.400. The van der Waals surface area contributed by atoms with Crippen molar-refractivity contribution < 1.29 is 9.90 Å². The van der Waals surface area contributed by atoms with Crippen molar-refractivity contribution in [2.24, 2.45) is 0 Å². The van der Waals surface area contributed by atoms with E-state index in [1.54, 1.807) is 10.6 Å². The van der Waals surface area contributed by atoms with E-state index < -0.39 is 5.97 Å². The van der Waals surface area contributed by atoms with Crippen LogP contribution in [0, 0.1) is 0 Å². The highest BCUT2D eigenvalue weighted by atomic mass is 16.4. The van der Waals surface area contributed by atoms with Gasteiger partial charge in [-0.05, 0) is 18.9 Å². The first kappa shape index (κ1) is 9.26. The van der Waals surface area contributed by atoms with Crippen molar-refractivity contribution in [3.63, 3.8) is 0 Å². The number of fused-ring (bicyclic) bond motifs is 1. The predicted molar refractivity (Wildman–Crippen MR) is 54.3 cm³/mol. The summed E-state index contributed by atoms with van der Waals surface area (Å²) in [6, 6.07) is 1.60. The summed E-state index contributed by atoms with van der Waals surface area (Å²) in [4.78, 5) is 18.8. The van der Waals surface area contributed by atoms with E-state index in [1.807, 2.05) is 0 Å². The molecule has 0 amide bonds. The number of hydrogen-bond donors (Lipinski definition) is 1. The van der Waals surface area contributed by atoms with Crippen LogP contribution < -0.4 is 0 Å². The molecule has 0 saturated heterocycles. The Kier molecular flexibility index (Phi) is 1.89. The molecule has 0 unspecified atom stereocenters. The fourth-order valence-corrected chi connectivity index (χ4v) is 1.94. The molecule has 1 aliphatic carbocycles. The number of carbonyl (C=O) groups is 1. The number of aromatic nitrogens is 4. The summed E-state index contributed by atoms with van der Waals surface area (Å²) in [6.45, 7) is 0. The first-order valence-electron chi connectivity index (χ1n) is 5.19. The molecule has 2 heterocycles. The van der Waals surface area contributed by atoms with E-state index in [0.29, 0.717) is 11.7 Å². The van der Waals surface area contributed by atoms with Crippen LogP contribution in [0.5, 0.6) is 0 Å². The van der Waals surface area contributed by atoms with Gasteiger partial charge in [0.05, 0.1) is 5.69 Å². The van der Waals surface area contributed by atoms with Gasteiger partial charge in [-0.1, -0.05) is 6.42 Å². The average Bonchev–Trinajstić information content (AvgIpc) is 2.62. The molecule has 6 nitrogen and oxygen atoms in total. The van der Waals surface area contributed by atoms with E-state index in [9.17, 15) is 4.79 Å². The van der Waals surface area contributed by atoms with Gasteiger partial charge in [0, 0.05) is 5.92 Å². The van der Waals surface area contributed by atoms with Crippen molar-refractivity contribution in [2.75, 3.05) is 0 Å². The lowest BCUT2D eigenvalue weighted by atomic mass is 9.82.